The predicted molar refractivity (Wildman–Crippen MR) is 135 cm³/mol. The minimum absolute atomic E-state index is 0.337. The second-order valence-electron chi connectivity index (χ2n) is 9.70. The van der Waals surface area contributed by atoms with Crippen LogP contribution in [0, 0.1) is 27.7 Å². The van der Waals surface area contributed by atoms with Crippen molar-refractivity contribution >= 4 is 0 Å². The van der Waals surface area contributed by atoms with Crippen molar-refractivity contribution in [1.82, 2.24) is 14.7 Å². The summed E-state index contributed by atoms with van der Waals surface area (Å²) in [5, 5.41) is 15.5. The number of piperidine rings is 1. The fourth-order valence-electron chi connectivity index (χ4n) is 4.59. The van der Waals surface area contributed by atoms with E-state index in [9.17, 15) is 5.11 Å². The van der Waals surface area contributed by atoms with Crippen molar-refractivity contribution in [2.75, 3.05) is 26.3 Å². The number of hydrogen-bond donors (Lipinski definition) is 1. The van der Waals surface area contributed by atoms with Gasteiger partial charge in [0.15, 0.2) is 0 Å². The number of aryl methyl sites for hydroxylation is 4. The molecule has 4 rings (SSSR count). The molecule has 1 aliphatic rings. The van der Waals surface area contributed by atoms with Crippen LogP contribution in [0.4, 0.5) is 0 Å². The first kappa shape index (κ1) is 24.3. The Labute approximate surface area is 203 Å². The molecule has 1 fully saturated rings. The van der Waals surface area contributed by atoms with Crippen LogP contribution in [-0.2, 0) is 13.1 Å². The van der Waals surface area contributed by atoms with E-state index in [0.717, 1.165) is 54.6 Å². The Morgan fingerprint density at radius 3 is 2.47 bits per heavy atom. The third-order valence-corrected chi connectivity index (χ3v) is 6.59. The zero-order chi connectivity index (χ0) is 24.1. The Bertz CT molecular complexity index is 1100. The molecule has 1 aromatic heterocycles. The molecule has 0 atom stereocenters. The summed E-state index contributed by atoms with van der Waals surface area (Å²) >= 11 is 0. The molecule has 0 aliphatic carbocycles. The van der Waals surface area contributed by atoms with Crippen LogP contribution in [0.25, 0.3) is 0 Å². The van der Waals surface area contributed by atoms with Crippen LogP contribution in [0.5, 0.6) is 11.5 Å². The van der Waals surface area contributed by atoms with Crippen LogP contribution < -0.4 is 9.47 Å². The minimum Gasteiger partial charge on any atom is -0.492 e. The predicted octanol–water partition coefficient (Wildman–Crippen LogP) is 4.60. The van der Waals surface area contributed by atoms with Gasteiger partial charge in [-0.2, -0.15) is 5.10 Å². The zero-order valence-corrected chi connectivity index (χ0v) is 20.9. The van der Waals surface area contributed by atoms with Crippen molar-refractivity contribution in [1.29, 1.82) is 0 Å². The molecule has 6 heteroatoms. The number of benzene rings is 2. The van der Waals surface area contributed by atoms with Crippen molar-refractivity contribution in [3.05, 3.63) is 76.6 Å². The maximum absolute atomic E-state index is 11.0. The smallest absolute Gasteiger partial charge is 0.122 e. The van der Waals surface area contributed by atoms with E-state index in [0.29, 0.717) is 26.1 Å². The summed E-state index contributed by atoms with van der Waals surface area (Å²) in [7, 11) is 0. The van der Waals surface area contributed by atoms with Gasteiger partial charge in [0.1, 0.15) is 30.3 Å². The molecule has 3 aromatic rings. The second-order valence-corrected chi connectivity index (χ2v) is 9.70. The molecule has 0 bridgehead atoms. The van der Waals surface area contributed by atoms with E-state index < -0.39 is 5.60 Å². The number of hydrogen-bond acceptors (Lipinski definition) is 5. The first-order valence-electron chi connectivity index (χ1n) is 12.2. The van der Waals surface area contributed by atoms with Gasteiger partial charge in [0.05, 0.1) is 12.2 Å². The average molecular weight is 464 g/mol. The molecule has 1 aliphatic heterocycles. The lowest BCUT2D eigenvalue weighted by Crippen LogP contribution is -2.47. The summed E-state index contributed by atoms with van der Waals surface area (Å²) in [5.74, 6) is 1.74. The van der Waals surface area contributed by atoms with Gasteiger partial charge in [0, 0.05) is 25.3 Å². The number of aliphatic hydroxyl groups is 1. The molecule has 1 N–H and O–H groups in total. The molecule has 0 radical (unpaired) electrons. The summed E-state index contributed by atoms with van der Waals surface area (Å²) in [6.45, 7) is 12.4. The molecule has 0 amide bonds. The van der Waals surface area contributed by atoms with Crippen molar-refractivity contribution in [2.45, 2.75) is 59.2 Å². The summed E-state index contributed by atoms with van der Waals surface area (Å²) in [4.78, 5) is 2.39. The minimum atomic E-state index is -0.776. The SMILES string of the molecule is Cc1ccc(OCC2(O)CCN(Cc3cccc(OCCn4nc(C)cc4C)c3)CC2)c(C)c1. The van der Waals surface area contributed by atoms with Gasteiger partial charge >= 0.3 is 0 Å². The van der Waals surface area contributed by atoms with Gasteiger partial charge < -0.3 is 14.6 Å². The van der Waals surface area contributed by atoms with Gasteiger partial charge in [-0.15, -0.1) is 0 Å². The lowest BCUT2D eigenvalue weighted by atomic mass is 9.92. The van der Waals surface area contributed by atoms with Gasteiger partial charge in [0.2, 0.25) is 0 Å². The molecule has 0 unspecified atom stereocenters. The van der Waals surface area contributed by atoms with Crippen LogP contribution in [0.3, 0.4) is 0 Å². The summed E-state index contributed by atoms with van der Waals surface area (Å²) in [6.07, 6.45) is 1.41. The van der Waals surface area contributed by atoms with Gasteiger partial charge in [-0.25, -0.2) is 0 Å². The van der Waals surface area contributed by atoms with Gasteiger partial charge in [-0.1, -0.05) is 29.8 Å². The van der Waals surface area contributed by atoms with Crippen LogP contribution in [0.2, 0.25) is 0 Å². The lowest BCUT2D eigenvalue weighted by molar-refractivity contribution is -0.0538. The van der Waals surface area contributed by atoms with E-state index in [1.807, 2.05) is 42.8 Å². The Morgan fingerprint density at radius 1 is 0.971 bits per heavy atom. The van der Waals surface area contributed by atoms with Crippen molar-refractivity contribution < 1.29 is 14.6 Å². The highest BCUT2D eigenvalue weighted by atomic mass is 16.5. The van der Waals surface area contributed by atoms with Crippen molar-refractivity contribution in [3.8, 4) is 11.5 Å². The lowest BCUT2D eigenvalue weighted by Gasteiger charge is -2.38. The molecule has 2 aromatic carbocycles. The third-order valence-electron chi connectivity index (χ3n) is 6.59. The first-order chi connectivity index (χ1) is 16.3. The van der Waals surface area contributed by atoms with E-state index >= 15 is 0 Å². The molecule has 6 nitrogen and oxygen atoms in total. The zero-order valence-electron chi connectivity index (χ0n) is 20.9. The van der Waals surface area contributed by atoms with E-state index in [4.69, 9.17) is 9.47 Å². The fraction of sp³-hybridized carbons (Fsp3) is 0.464. The Hall–Kier alpha value is -2.83. The molecular weight excluding hydrogens is 426 g/mol. The van der Waals surface area contributed by atoms with Gasteiger partial charge in [0.25, 0.3) is 0 Å². The highest BCUT2D eigenvalue weighted by Crippen LogP contribution is 2.27. The molecule has 182 valence electrons. The number of nitrogens with zero attached hydrogens (tertiary/aromatic N) is 3. The largest absolute Gasteiger partial charge is 0.492 e. The topological polar surface area (TPSA) is 59.8 Å². The molecule has 2 heterocycles. The molecule has 34 heavy (non-hydrogen) atoms. The van der Waals surface area contributed by atoms with Crippen LogP contribution in [-0.4, -0.2) is 51.7 Å². The van der Waals surface area contributed by atoms with Crippen LogP contribution in [0.15, 0.2) is 48.5 Å². The van der Waals surface area contributed by atoms with Crippen molar-refractivity contribution in [2.24, 2.45) is 0 Å². The van der Waals surface area contributed by atoms with Crippen LogP contribution >= 0.6 is 0 Å². The number of rotatable bonds is 9. The first-order valence-corrected chi connectivity index (χ1v) is 12.2. The van der Waals surface area contributed by atoms with E-state index in [1.54, 1.807) is 0 Å². The van der Waals surface area contributed by atoms with Gasteiger partial charge in [-0.05, 0) is 75.9 Å². The molecule has 1 saturated heterocycles. The van der Waals surface area contributed by atoms with Crippen LogP contribution in [0.1, 0.15) is 40.9 Å². The highest BCUT2D eigenvalue weighted by Gasteiger charge is 2.33. The Balaban J connectivity index is 1.24. The highest BCUT2D eigenvalue weighted by molar-refractivity contribution is 5.35. The number of aromatic nitrogens is 2. The Morgan fingerprint density at radius 2 is 1.76 bits per heavy atom. The maximum atomic E-state index is 11.0. The van der Waals surface area contributed by atoms with Gasteiger partial charge in [-0.3, -0.25) is 9.58 Å². The fourth-order valence-corrected chi connectivity index (χ4v) is 4.59. The number of likely N-dealkylation sites (tertiary alicyclic amines) is 1. The monoisotopic (exact) mass is 463 g/mol. The summed E-state index contributed by atoms with van der Waals surface area (Å²) in [5.41, 5.74) is 4.96. The Kier molecular flexibility index (Phi) is 7.59. The molecule has 0 saturated carbocycles. The summed E-state index contributed by atoms with van der Waals surface area (Å²) in [6, 6.07) is 16.5. The van der Waals surface area contributed by atoms with E-state index in [-0.39, 0.29) is 0 Å². The van der Waals surface area contributed by atoms with E-state index in [1.165, 1.54) is 11.1 Å². The standard InChI is InChI=1S/C28H37N3O3/c1-21-8-9-27(22(2)16-21)34-20-28(32)10-12-30(13-11-28)19-25-6-5-7-26(18-25)33-15-14-31-24(4)17-23(3)29-31/h5-9,16-18,32H,10-15,19-20H2,1-4H3. The van der Waals surface area contributed by atoms with E-state index in [2.05, 4.69) is 48.1 Å². The number of ether oxygens (including phenoxy) is 2. The third kappa shape index (κ3) is 6.39. The molecular formula is C28H37N3O3. The normalized spacial score (nSPS) is 15.9. The quantitative estimate of drug-likeness (QED) is 0.503. The van der Waals surface area contributed by atoms with Crippen molar-refractivity contribution in [3.63, 3.8) is 0 Å². The summed E-state index contributed by atoms with van der Waals surface area (Å²) < 4.78 is 14.0. The second kappa shape index (κ2) is 10.6. The molecule has 0 spiro atoms. The average Bonchev–Trinajstić information content (AvgIpc) is 3.12. The maximum Gasteiger partial charge on any atom is 0.122 e.